The molecule has 1 N–H and O–H groups in total. The normalized spacial score (nSPS) is 18.4. The van der Waals surface area contributed by atoms with Crippen molar-refractivity contribution in [2.45, 2.75) is 38.6 Å². The van der Waals surface area contributed by atoms with E-state index in [1.54, 1.807) is 0 Å². The Morgan fingerprint density at radius 2 is 1.85 bits per heavy atom. The van der Waals surface area contributed by atoms with Crippen LogP contribution >= 0.6 is 0 Å². The number of carbonyl (C=O) groups is 2. The van der Waals surface area contributed by atoms with E-state index in [4.69, 9.17) is 0 Å². The fourth-order valence-electron chi connectivity index (χ4n) is 2.39. The lowest BCUT2D eigenvalue weighted by atomic mass is 10.00. The van der Waals surface area contributed by atoms with Crippen LogP contribution < -0.4 is 5.32 Å². The standard InChI is InChI=1S/C16H22N2O2/c1-16(2)15(20)18(14(19)12-17-16)11-7-6-10-13-8-4-3-5-9-13/h3-5,8-9,17H,6-7,10-12H2,1-2H3. The monoisotopic (exact) mass is 274 g/mol. The summed E-state index contributed by atoms with van der Waals surface area (Å²) in [6.45, 7) is 4.41. The van der Waals surface area contributed by atoms with Gasteiger partial charge in [0.05, 0.1) is 12.1 Å². The highest BCUT2D eigenvalue weighted by Crippen LogP contribution is 2.14. The Bertz CT molecular complexity index is 483. The van der Waals surface area contributed by atoms with Crippen molar-refractivity contribution in [3.63, 3.8) is 0 Å². The van der Waals surface area contributed by atoms with Crippen LogP contribution in [0, 0.1) is 0 Å². The molecule has 0 aromatic heterocycles. The zero-order valence-corrected chi connectivity index (χ0v) is 12.2. The van der Waals surface area contributed by atoms with Crippen LogP contribution in [-0.2, 0) is 16.0 Å². The Morgan fingerprint density at radius 3 is 2.55 bits per heavy atom. The first-order chi connectivity index (χ1) is 9.50. The van der Waals surface area contributed by atoms with Gasteiger partial charge in [-0.15, -0.1) is 0 Å². The number of carbonyl (C=O) groups excluding carboxylic acids is 2. The second-order valence-electron chi connectivity index (χ2n) is 5.77. The number of rotatable bonds is 5. The van der Waals surface area contributed by atoms with E-state index in [1.165, 1.54) is 10.5 Å². The van der Waals surface area contributed by atoms with E-state index in [-0.39, 0.29) is 18.4 Å². The molecular weight excluding hydrogens is 252 g/mol. The Labute approximate surface area is 120 Å². The van der Waals surface area contributed by atoms with Crippen LogP contribution in [0.15, 0.2) is 30.3 Å². The molecule has 1 saturated heterocycles. The molecule has 0 spiro atoms. The van der Waals surface area contributed by atoms with E-state index in [1.807, 2.05) is 32.0 Å². The van der Waals surface area contributed by atoms with Crippen molar-refractivity contribution in [3.05, 3.63) is 35.9 Å². The maximum atomic E-state index is 12.2. The topological polar surface area (TPSA) is 49.4 Å². The maximum Gasteiger partial charge on any atom is 0.248 e. The zero-order chi connectivity index (χ0) is 14.6. The minimum atomic E-state index is -0.632. The third-order valence-corrected chi connectivity index (χ3v) is 3.70. The predicted octanol–water partition coefficient (Wildman–Crippen LogP) is 1.75. The van der Waals surface area contributed by atoms with E-state index in [0.29, 0.717) is 6.54 Å². The summed E-state index contributed by atoms with van der Waals surface area (Å²) >= 11 is 0. The number of hydrogen-bond acceptors (Lipinski definition) is 3. The summed E-state index contributed by atoms with van der Waals surface area (Å²) in [5, 5.41) is 2.96. The van der Waals surface area contributed by atoms with Crippen molar-refractivity contribution in [3.8, 4) is 0 Å². The van der Waals surface area contributed by atoms with Crippen LogP contribution in [0.25, 0.3) is 0 Å². The molecule has 1 aliphatic heterocycles. The van der Waals surface area contributed by atoms with Crippen LogP contribution in [0.1, 0.15) is 32.3 Å². The first-order valence-electron chi connectivity index (χ1n) is 7.14. The summed E-state index contributed by atoms with van der Waals surface area (Å²) in [6, 6.07) is 10.3. The highest BCUT2D eigenvalue weighted by atomic mass is 16.2. The summed E-state index contributed by atoms with van der Waals surface area (Å²) < 4.78 is 0. The van der Waals surface area contributed by atoms with Gasteiger partial charge in [0.2, 0.25) is 11.8 Å². The SMILES string of the molecule is CC1(C)NCC(=O)N(CCCCc2ccccc2)C1=O. The molecule has 4 heteroatoms. The van der Waals surface area contributed by atoms with Gasteiger partial charge >= 0.3 is 0 Å². The van der Waals surface area contributed by atoms with Gasteiger partial charge in [-0.05, 0) is 38.7 Å². The maximum absolute atomic E-state index is 12.2. The van der Waals surface area contributed by atoms with Gasteiger partial charge < -0.3 is 0 Å². The Hall–Kier alpha value is -1.68. The molecule has 2 rings (SSSR count). The van der Waals surface area contributed by atoms with E-state index >= 15 is 0 Å². The molecule has 0 atom stereocenters. The summed E-state index contributed by atoms with van der Waals surface area (Å²) in [4.78, 5) is 25.4. The van der Waals surface area contributed by atoms with Crippen LogP contribution in [0.2, 0.25) is 0 Å². The van der Waals surface area contributed by atoms with E-state index < -0.39 is 5.54 Å². The minimum absolute atomic E-state index is 0.117. The van der Waals surface area contributed by atoms with Crippen LogP contribution in [-0.4, -0.2) is 35.3 Å². The zero-order valence-electron chi connectivity index (χ0n) is 12.2. The van der Waals surface area contributed by atoms with Crippen molar-refractivity contribution in [2.24, 2.45) is 0 Å². The van der Waals surface area contributed by atoms with Crippen LogP contribution in [0.4, 0.5) is 0 Å². The first kappa shape index (κ1) is 14.7. The van der Waals surface area contributed by atoms with Crippen molar-refractivity contribution >= 4 is 11.8 Å². The smallest absolute Gasteiger partial charge is 0.248 e. The molecule has 1 aromatic carbocycles. The molecule has 1 heterocycles. The molecule has 1 fully saturated rings. The number of piperazine rings is 1. The van der Waals surface area contributed by atoms with Gasteiger partial charge in [0.15, 0.2) is 0 Å². The number of nitrogens with zero attached hydrogens (tertiary/aromatic N) is 1. The van der Waals surface area contributed by atoms with Crippen molar-refractivity contribution < 1.29 is 9.59 Å². The van der Waals surface area contributed by atoms with Gasteiger partial charge in [0.25, 0.3) is 0 Å². The molecule has 20 heavy (non-hydrogen) atoms. The summed E-state index contributed by atoms with van der Waals surface area (Å²) in [5.41, 5.74) is 0.665. The molecule has 108 valence electrons. The highest BCUT2D eigenvalue weighted by Gasteiger charge is 2.39. The highest BCUT2D eigenvalue weighted by molar-refractivity contribution is 6.02. The van der Waals surface area contributed by atoms with Gasteiger partial charge in [-0.2, -0.15) is 0 Å². The first-order valence-corrected chi connectivity index (χ1v) is 7.14. The fraction of sp³-hybridized carbons (Fsp3) is 0.500. The number of amides is 2. The van der Waals surface area contributed by atoms with Gasteiger partial charge in [-0.1, -0.05) is 30.3 Å². The van der Waals surface area contributed by atoms with Gasteiger partial charge in [-0.3, -0.25) is 19.8 Å². The third-order valence-electron chi connectivity index (χ3n) is 3.70. The summed E-state index contributed by atoms with van der Waals surface area (Å²) in [5.74, 6) is -0.234. The van der Waals surface area contributed by atoms with E-state index in [0.717, 1.165) is 19.3 Å². The average molecular weight is 274 g/mol. The lowest BCUT2D eigenvalue weighted by Gasteiger charge is -2.36. The summed E-state index contributed by atoms with van der Waals surface area (Å²) in [7, 11) is 0. The van der Waals surface area contributed by atoms with Gasteiger partial charge in [-0.25, -0.2) is 0 Å². The number of benzene rings is 1. The largest absolute Gasteiger partial charge is 0.295 e. The fourth-order valence-corrected chi connectivity index (χ4v) is 2.39. The van der Waals surface area contributed by atoms with Crippen LogP contribution in [0.5, 0.6) is 0 Å². The molecule has 0 radical (unpaired) electrons. The Kier molecular flexibility index (Phi) is 4.55. The third kappa shape index (κ3) is 3.45. The quantitative estimate of drug-likeness (QED) is 0.657. The van der Waals surface area contributed by atoms with Crippen molar-refractivity contribution in [2.75, 3.05) is 13.1 Å². The Morgan fingerprint density at radius 1 is 1.15 bits per heavy atom. The van der Waals surface area contributed by atoms with E-state index in [2.05, 4.69) is 17.4 Å². The number of nitrogens with one attached hydrogen (secondary N) is 1. The molecule has 0 aliphatic carbocycles. The number of hydrogen-bond donors (Lipinski definition) is 1. The van der Waals surface area contributed by atoms with Gasteiger partial charge in [0, 0.05) is 6.54 Å². The molecule has 0 unspecified atom stereocenters. The van der Waals surface area contributed by atoms with Crippen molar-refractivity contribution in [1.29, 1.82) is 0 Å². The van der Waals surface area contributed by atoms with Crippen LogP contribution in [0.3, 0.4) is 0 Å². The lowest BCUT2D eigenvalue weighted by molar-refractivity contribution is -0.152. The second kappa shape index (κ2) is 6.18. The van der Waals surface area contributed by atoms with Crippen molar-refractivity contribution in [1.82, 2.24) is 10.2 Å². The average Bonchev–Trinajstić information content (AvgIpc) is 2.44. The number of imide groups is 1. The number of unbranched alkanes of at least 4 members (excludes halogenated alkanes) is 1. The van der Waals surface area contributed by atoms with E-state index in [9.17, 15) is 9.59 Å². The molecule has 2 amide bonds. The molecule has 1 aliphatic rings. The Balaban J connectivity index is 1.81. The molecule has 1 aromatic rings. The number of aryl methyl sites for hydroxylation is 1. The molecule has 0 bridgehead atoms. The predicted molar refractivity (Wildman–Crippen MR) is 78.2 cm³/mol. The molecule has 4 nitrogen and oxygen atoms in total. The summed E-state index contributed by atoms with van der Waals surface area (Å²) in [6.07, 6.45) is 2.82. The minimum Gasteiger partial charge on any atom is -0.295 e. The lowest BCUT2D eigenvalue weighted by Crippen LogP contribution is -2.63. The second-order valence-corrected chi connectivity index (χ2v) is 5.77. The molecule has 0 saturated carbocycles. The van der Waals surface area contributed by atoms with Gasteiger partial charge in [0.1, 0.15) is 0 Å². The molecular formula is C16H22N2O2.